The van der Waals surface area contributed by atoms with Crippen molar-refractivity contribution in [3.8, 4) is 33.6 Å². The molecule has 0 radical (unpaired) electrons. The van der Waals surface area contributed by atoms with E-state index in [0.717, 1.165) is 83.8 Å². The van der Waals surface area contributed by atoms with Crippen molar-refractivity contribution in [3.05, 3.63) is 72.6 Å². The molecule has 2 aliphatic carbocycles. The van der Waals surface area contributed by atoms with Crippen LogP contribution < -0.4 is 9.44 Å². The Hall–Kier alpha value is -4.38. The van der Waals surface area contributed by atoms with Crippen LogP contribution in [0.15, 0.2) is 60.9 Å². The average Bonchev–Trinajstić information content (AvgIpc) is 4.11. The number of carbonyl (C=O) groups is 2. The second kappa shape index (κ2) is 16.5. The molecule has 2 aromatic carbocycles. The van der Waals surface area contributed by atoms with E-state index in [0.29, 0.717) is 0 Å². The van der Waals surface area contributed by atoms with Gasteiger partial charge in [0.2, 0.25) is 31.9 Å². The van der Waals surface area contributed by atoms with Gasteiger partial charge in [0.05, 0.1) is 35.0 Å². The van der Waals surface area contributed by atoms with E-state index in [4.69, 9.17) is 9.97 Å². The lowest BCUT2D eigenvalue weighted by molar-refractivity contribution is -0.139. The van der Waals surface area contributed by atoms with Crippen LogP contribution in [0.1, 0.15) is 104 Å². The summed E-state index contributed by atoms with van der Waals surface area (Å²) in [5.74, 6) is 1.04. The van der Waals surface area contributed by atoms with Gasteiger partial charge in [0.1, 0.15) is 23.7 Å². The molecule has 8 atom stereocenters. The number of imidazole rings is 2. The Morgan fingerprint density at radius 2 is 0.967 bits per heavy atom. The smallest absolute Gasteiger partial charge is 0.241 e. The summed E-state index contributed by atoms with van der Waals surface area (Å²) in [4.78, 5) is 48.6. The number of benzene rings is 2. The first-order chi connectivity index (χ1) is 28.6. The number of carbonyl (C=O) groups excluding carboxylic acids is 2. The zero-order chi connectivity index (χ0) is 42.7. The summed E-state index contributed by atoms with van der Waals surface area (Å²) in [5.41, 5.74) is 5.51. The molecular weight excluding hydrogens is 801 g/mol. The highest BCUT2D eigenvalue weighted by Gasteiger charge is 2.53. The number of nitrogens with one attached hydrogen (secondary N) is 4. The number of hydrogen-bond donors (Lipinski definition) is 4. The van der Waals surface area contributed by atoms with Gasteiger partial charge in [-0.05, 0) is 87.2 Å². The molecule has 4 aromatic rings. The number of amides is 2. The lowest BCUT2D eigenvalue weighted by atomic mass is 9.96. The number of H-pyrrole nitrogens is 2. The Morgan fingerprint density at radius 3 is 1.30 bits per heavy atom. The van der Waals surface area contributed by atoms with Gasteiger partial charge in [0.15, 0.2) is 0 Å². The summed E-state index contributed by atoms with van der Waals surface area (Å²) < 4.78 is 55.4. The number of rotatable bonds is 15. The maximum Gasteiger partial charge on any atom is 0.241 e. The Morgan fingerprint density at radius 1 is 0.617 bits per heavy atom. The molecule has 4 heterocycles. The topological polar surface area (TPSA) is 190 Å². The molecule has 2 saturated heterocycles. The Bertz CT molecular complexity index is 2260. The number of sulfonamides is 2. The summed E-state index contributed by atoms with van der Waals surface area (Å²) in [5, 5.41) is 0. The SMILES string of the molecule is CCS(=O)(=O)N[C@H](C(=O)N1C2CCC(C2)[C@H]1c1nc(-c2ccc(-c3ccc(-c4c[nH]c([C@@H]5C6CCC(C6)N5C(=O)[C@@H](NS(=O)(=O)CC)C(C)C)n4)cc3)cc2)c[nH]1)C(C)C. The molecule has 16 heteroatoms. The highest BCUT2D eigenvalue weighted by molar-refractivity contribution is 7.89. The van der Waals surface area contributed by atoms with Crippen LogP contribution in [-0.2, 0) is 29.6 Å². The van der Waals surface area contributed by atoms with Crippen LogP contribution in [-0.4, -0.2) is 94.1 Å². The molecule has 2 aliphatic heterocycles. The molecule has 8 rings (SSSR count). The van der Waals surface area contributed by atoms with E-state index in [1.54, 1.807) is 13.8 Å². The van der Waals surface area contributed by atoms with E-state index < -0.39 is 32.1 Å². The molecule has 4 bridgehead atoms. The lowest BCUT2D eigenvalue weighted by Gasteiger charge is -2.37. The largest absolute Gasteiger partial charge is 0.346 e. The van der Waals surface area contributed by atoms with Crippen LogP contribution in [0.3, 0.4) is 0 Å². The van der Waals surface area contributed by atoms with Gasteiger partial charge in [0, 0.05) is 35.6 Å². The van der Waals surface area contributed by atoms with Gasteiger partial charge in [-0.15, -0.1) is 0 Å². The highest BCUT2D eigenvalue weighted by atomic mass is 32.2. The minimum atomic E-state index is -3.57. The second-order valence-electron chi connectivity index (χ2n) is 17.8. The van der Waals surface area contributed by atoms with Gasteiger partial charge in [0.25, 0.3) is 0 Å². The van der Waals surface area contributed by atoms with E-state index in [2.05, 4.69) is 43.7 Å². The molecule has 14 nitrogen and oxygen atoms in total. The van der Waals surface area contributed by atoms with Crippen molar-refractivity contribution in [3.63, 3.8) is 0 Å². The molecule has 2 aromatic heterocycles. The zero-order valence-electron chi connectivity index (χ0n) is 35.3. The molecule has 4 fully saturated rings. The fraction of sp³-hybridized carbons (Fsp3) is 0.545. The van der Waals surface area contributed by atoms with E-state index in [1.807, 2.05) is 74.2 Å². The number of likely N-dealkylation sites (tertiary alicyclic amines) is 2. The third kappa shape index (κ3) is 8.07. The molecule has 60 heavy (non-hydrogen) atoms. The Balaban J connectivity index is 0.956. The summed E-state index contributed by atoms with van der Waals surface area (Å²) in [7, 11) is -7.14. The summed E-state index contributed by atoms with van der Waals surface area (Å²) in [6.07, 6.45) is 9.37. The number of hydrogen-bond acceptors (Lipinski definition) is 8. The van der Waals surface area contributed by atoms with Crippen molar-refractivity contribution in [2.45, 2.75) is 116 Å². The summed E-state index contributed by atoms with van der Waals surface area (Å²) in [6, 6.07) is 14.4. The van der Waals surface area contributed by atoms with Gasteiger partial charge in [-0.2, -0.15) is 0 Å². The van der Waals surface area contributed by atoms with Crippen molar-refractivity contribution in [2.75, 3.05) is 11.5 Å². The van der Waals surface area contributed by atoms with Crippen LogP contribution in [0.2, 0.25) is 0 Å². The number of fused-ring (bicyclic) bond motifs is 4. The first kappa shape index (κ1) is 42.3. The zero-order valence-corrected chi connectivity index (χ0v) is 36.9. The Kier molecular flexibility index (Phi) is 11.6. The monoisotopic (exact) mass is 858 g/mol. The van der Waals surface area contributed by atoms with Crippen molar-refractivity contribution in [1.29, 1.82) is 0 Å². The van der Waals surface area contributed by atoms with Crippen LogP contribution in [0, 0.1) is 23.7 Å². The number of aromatic nitrogens is 4. The van der Waals surface area contributed by atoms with Crippen LogP contribution >= 0.6 is 0 Å². The van der Waals surface area contributed by atoms with Crippen molar-refractivity contribution >= 4 is 31.9 Å². The second-order valence-corrected chi connectivity index (χ2v) is 21.9. The summed E-state index contributed by atoms with van der Waals surface area (Å²) >= 11 is 0. The third-order valence-corrected chi connectivity index (χ3v) is 16.1. The standard InChI is InChI=1S/C44H58N8O6S2/c1-7-59(55,56)49-37(25(3)4)43(53)51-33-19-17-31(21-33)39(51)41-45-23-35(47-41)29-13-9-27(10-14-29)28-11-15-30(16-12-28)36-24-46-42(48-36)40-32-18-20-34(22-32)52(40)44(54)38(26(5)6)50-60(57,58)8-2/h9-16,23-26,31-34,37-40,49-50H,7-8,17-22H2,1-6H3,(H,45,47)(H,46,48)/t31?,32?,33?,34?,37-,38-,39-,40-/m0/s1. The number of aromatic amines is 2. The van der Waals surface area contributed by atoms with E-state index in [9.17, 15) is 26.4 Å². The number of nitrogens with zero attached hydrogens (tertiary/aromatic N) is 4. The van der Waals surface area contributed by atoms with Crippen molar-refractivity contribution in [2.24, 2.45) is 23.7 Å². The van der Waals surface area contributed by atoms with Gasteiger partial charge < -0.3 is 19.8 Å². The van der Waals surface area contributed by atoms with Gasteiger partial charge in [-0.3, -0.25) is 9.59 Å². The predicted molar refractivity (Wildman–Crippen MR) is 231 cm³/mol. The molecule has 2 saturated carbocycles. The van der Waals surface area contributed by atoms with Crippen molar-refractivity contribution in [1.82, 2.24) is 39.2 Å². The Labute approximate surface area is 353 Å². The van der Waals surface area contributed by atoms with Gasteiger partial charge >= 0.3 is 0 Å². The fourth-order valence-corrected chi connectivity index (χ4v) is 11.9. The molecule has 4 N–H and O–H groups in total. The molecule has 4 aliphatic rings. The quantitative estimate of drug-likeness (QED) is 0.109. The normalized spacial score (nSPS) is 24.9. The van der Waals surface area contributed by atoms with Crippen LogP contribution in [0.25, 0.3) is 33.6 Å². The van der Waals surface area contributed by atoms with Gasteiger partial charge in [-0.25, -0.2) is 36.2 Å². The maximum atomic E-state index is 14.0. The van der Waals surface area contributed by atoms with Crippen LogP contribution in [0.4, 0.5) is 0 Å². The molecule has 4 unspecified atom stereocenters. The molecule has 2 amide bonds. The van der Waals surface area contributed by atoms with Gasteiger partial charge in [-0.1, -0.05) is 76.2 Å². The van der Waals surface area contributed by atoms with E-state index in [1.165, 1.54) is 0 Å². The highest BCUT2D eigenvalue weighted by Crippen LogP contribution is 2.51. The van der Waals surface area contributed by atoms with E-state index in [-0.39, 0.29) is 71.2 Å². The third-order valence-electron chi connectivity index (χ3n) is 13.4. The maximum absolute atomic E-state index is 14.0. The lowest BCUT2D eigenvalue weighted by Crippen LogP contribution is -2.54. The van der Waals surface area contributed by atoms with Crippen molar-refractivity contribution < 1.29 is 26.4 Å². The molecular formula is C44H58N8O6S2. The number of piperidine rings is 2. The molecule has 322 valence electrons. The van der Waals surface area contributed by atoms with E-state index >= 15 is 0 Å². The first-order valence-corrected chi connectivity index (χ1v) is 24.8. The van der Waals surface area contributed by atoms with Crippen LogP contribution in [0.5, 0.6) is 0 Å². The predicted octanol–water partition coefficient (Wildman–Crippen LogP) is 6.17. The minimum absolute atomic E-state index is 0.0677. The summed E-state index contributed by atoms with van der Waals surface area (Å²) in [6.45, 7) is 10.6. The molecule has 0 spiro atoms. The minimum Gasteiger partial charge on any atom is -0.346 e. The first-order valence-electron chi connectivity index (χ1n) is 21.5. The average molecular weight is 859 g/mol. The fourth-order valence-electron chi connectivity index (χ4n) is 10.1.